The Morgan fingerprint density at radius 2 is 1.69 bits per heavy atom. The van der Waals surface area contributed by atoms with E-state index in [2.05, 4.69) is 15.8 Å². The highest BCUT2D eigenvalue weighted by Gasteiger charge is 2.22. The van der Waals surface area contributed by atoms with Crippen LogP contribution in [-0.4, -0.2) is 35.2 Å². The number of urea groups is 1. The van der Waals surface area contributed by atoms with Crippen LogP contribution in [0.25, 0.3) is 0 Å². The lowest BCUT2D eigenvalue weighted by Crippen LogP contribution is -2.48. The van der Waals surface area contributed by atoms with E-state index in [0.29, 0.717) is 22.2 Å². The number of amides is 2. The van der Waals surface area contributed by atoms with E-state index in [-0.39, 0.29) is 12.4 Å². The molecule has 5 N–H and O–H groups in total. The minimum atomic E-state index is -0.902. The molecule has 2 aromatic carbocycles. The normalized spacial score (nSPS) is 12.9. The summed E-state index contributed by atoms with van der Waals surface area (Å²) < 4.78 is 0. The third-order valence-electron chi connectivity index (χ3n) is 3.90. The average molecular weight is 439 g/mol. The van der Waals surface area contributed by atoms with Gasteiger partial charge in [-0.15, -0.1) is 0 Å². The predicted molar refractivity (Wildman–Crippen MR) is 116 cm³/mol. The van der Waals surface area contributed by atoms with Crippen LogP contribution in [0.15, 0.2) is 53.7 Å². The molecule has 2 rings (SSSR count). The van der Waals surface area contributed by atoms with Gasteiger partial charge in [-0.3, -0.25) is 0 Å². The Morgan fingerprint density at radius 1 is 1.14 bits per heavy atom. The van der Waals surface area contributed by atoms with E-state index in [0.717, 1.165) is 5.56 Å². The molecule has 9 heteroatoms. The lowest BCUT2D eigenvalue weighted by atomic mass is 10.1. The van der Waals surface area contributed by atoms with Gasteiger partial charge in [-0.1, -0.05) is 40.5 Å². The minimum Gasteiger partial charge on any atom is -0.392 e. The number of amidine groups is 1. The van der Waals surface area contributed by atoms with Gasteiger partial charge < -0.3 is 26.3 Å². The van der Waals surface area contributed by atoms with Crippen molar-refractivity contribution in [1.29, 1.82) is 0 Å². The van der Waals surface area contributed by atoms with Gasteiger partial charge in [0.15, 0.2) is 11.4 Å². The molecule has 0 aromatic heterocycles. The van der Waals surface area contributed by atoms with Crippen LogP contribution in [0.5, 0.6) is 0 Å². The van der Waals surface area contributed by atoms with Crippen molar-refractivity contribution < 1.29 is 14.7 Å². The fourth-order valence-corrected chi connectivity index (χ4v) is 2.47. The van der Waals surface area contributed by atoms with Crippen molar-refractivity contribution in [3.63, 3.8) is 0 Å². The summed E-state index contributed by atoms with van der Waals surface area (Å²) >= 11 is 11.8. The zero-order valence-corrected chi connectivity index (χ0v) is 17.7. The third-order valence-corrected chi connectivity index (χ3v) is 4.40. The molecule has 0 fully saturated rings. The molecule has 1 atom stereocenters. The summed E-state index contributed by atoms with van der Waals surface area (Å²) in [7, 11) is 0. The second-order valence-electron chi connectivity index (χ2n) is 7.01. The Labute approximate surface area is 179 Å². The van der Waals surface area contributed by atoms with Gasteiger partial charge in [-0.05, 0) is 55.8 Å². The molecule has 0 aliphatic rings. The van der Waals surface area contributed by atoms with E-state index in [1.54, 1.807) is 50.2 Å². The van der Waals surface area contributed by atoms with Gasteiger partial charge in [0.25, 0.3) is 0 Å². The molecular weight excluding hydrogens is 415 g/mol. The van der Waals surface area contributed by atoms with Crippen molar-refractivity contribution >= 4 is 40.8 Å². The number of carbonyl (C=O) groups is 1. The number of benzene rings is 2. The topological polar surface area (TPSA) is 109 Å². The van der Waals surface area contributed by atoms with E-state index < -0.39 is 17.7 Å². The first-order valence-corrected chi connectivity index (χ1v) is 9.64. The number of rotatable bonds is 8. The van der Waals surface area contributed by atoms with Crippen LogP contribution in [0.3, 0.4) is 0 Å². The standard InChI is InChI=1S/C20H24Cl2N4O3/c1-20(2,12-27)29-26-18(23)17(11-13-3-5-14(21)6-4-13)25-19(28)24-16-9-7-15(22)8-10-16/h3-10,17,27H,11-12H2,1-2H3,(H2,23,26)(H2,24,25,28)/t17-/m0/s1. The highest BCUT2D eigenvalue weighted by molar-refractivity contribution is 6.30. The lowest BCUT2D eigenvalue weighted by Gasteiger charge is -2.22. The first-order chi connectivity index (χ1) is 13.7. The molecule has 156 valence electrons. The fraction of sp³-hybridized carbons (Fsp3) is 0.300. The maximum Gasteiger partial charge on any atom is 0.319 e. The van der Waals surface area contributed by atoms with E-state index in [1.165, 1.54) is 0 Å². The highest BCUT2D eigenvalue weighted by atomic mass is 35.5. The molecule has 0 bridgehead atoms. The summed E-state index contributed by atoms with van der Waals surface area (Å²) in [6.07, 6.45) is 0.365. The average Bonchev–Trinajstić information content (AvgIpc) is 2.69. The van der Waals surface area contributed by atoms with Crippen molar-refractivity contribution in [2.24, 2.45) is 10.9 Å². The van der Waals surface area contributed by atoms with Gasteiger partial charge in [0.1, 0.15) is 0 Å². The maximum atomic E-state index is 12.4. The van der Waals surface area contributed by atoms with Gasteiger partial charge in [-0.2, -0.15) is 0 Å². The van der Waals surface area contributed by atoms with Crippen LogP contribution < -0.4 is 16.4 Å². The number of oxime groups is 1. The third kappa shape index (κ3) is 7.81. The Bertz CT molecular complexity index is 840. The van der Waals surface area contributed by atoms with Gasteiger partial charge in [-0.25, -0.2) is 4.79 Å². The number of nitrogens with two attached hydrogens (primary N) is 1. The van der Waals surface area contributed by atoms with E-state index in [1.807, 2.05) is 12.1 Å². The number of aliphatic hydroxyl groups excluding tert-OH is 1. The number of anilines is 1. The van der Waals surface area contributed by atoms with Crippen molar-refractivity contribution in [3.05, 3.63) is 64.1 Å². The molecule has 0 saturated carbocycles. The summed E-state index contributed by atoms with van der Waals surface area (Å²) in [5.41, 5.74) is 6.64. The van der Waals surface area contributed by atoms with Gasteiger partial charge in [0.05, 0.1) is 12.6 Å². The Morgan fingerprint density at radius 3 is 2.24 bits per heavy atom. The Hall–Kier alpha value is -2.48. The molecule has 2 aromatic rings. The lowest BCUT2D eigenvalue weighted by molar-refractivity contribution is -0.0520. The first kappa shape index (κ1) is 22.8. The molecule has 0 aliphatic carbocycles. The molecule has 0 heterocycles. The monoisotopic (exact) mass is 438 g/mol. The minimum absolute atomic E-state index is 0.0627. The summed E-state index contributed by atoms with van der Waals surface area (Å²) in [4.78, 5) is 17.7. The van der Waals surface area contributed by atoms with Crippen LogP contribution in [0.4, 0.5) is 10.5 Å². The molecule has 0 radical (unpaired) electrons. The Balaban J connectivity index is 2.13. The van der Waals surface area contributed by atoms with Crippen LogP contribution >= 0.6 is 23.2 Å². The van der Waals surface area contributed by atoms with E-state index in [4.69, 9.17) is 33.8 Å². The zero-order valence-electron chi connectivity index (χ0n) is 16.2. The summed E-state index contributed by atoms with van der Waals surface area (Å²) in [5.74, 6) is 0.0627. The number of nitrogens with one attached hydrogen (secondary N) is 2. The number of halogens is 2. The molecule has 0 aliphatic heterocycles. The second kappa shape index (κ2) is 10.3. The van der Waals surface area contributed by atoms with Crippen molar-refractivity contribution in [3.8, 4) is 0 Å². The Kier molecular flexibility index (Phi) is 8.13. The van der Waals surface area contributed by atoms with Gasteiger partial charge >= 0.3 is 6.03 Å². The van der Waals surface area contributed by atoms with Crippen LogP contribution in [0.1, 0.15) is 19.4 Å². The molecule has 0 spiro atoms. The first-order valence-electron chi connectivity index (χ1n) is 8.88. The molecule has 29 heavy (non-hydrogen) atoms. The number of hydrogen-bond acceptors (Lipinski definition) is 4. The number of carbonyl (C=O) groups excluding carboxylic acids is 1. The van der Waals surface area contributed by atoms with Crippen molar-refractivity contribution in [1.82, 2.24) is 5.32 Å². The van der Waals surface area contributed by atoms with E-state index in [9.17, 15) is 9.90 Å². The smallest absolute Gasteiger partial charge is 0.319 e. The SMILES string of the molecule is CC(C)(CO)O/N=C(\N)[C@H](Cc1ccc(Cl)cc1)NC(=O)Nc1ccc(Cl)cc1. The molecular formula is C20H24Cl2N4O3. The predicted octanol–water partition coefficient (Wildman–Crippen LogP) is 3.79. The number of hydrogen-bond donors (Lipinski definition) is 4. The zero-order chi connectivity index (χ0) is 21.4. The number of nitrogens with zero attached hydrogens (tertiary/aromatic N) is 1. The van der Waals surface area contributed by atoms with Crippen LogP contribution in [0, 0.1) is 0 Å². The number of aliphatic hydroxyl groups is 1. The fourth-order valence-electron chi connectivity index (χ4n) is 2.21. The quantitative estimate of drug-likeness (QED) is 0.285. The van der Waals surface area contributed by atoms with E-state index >= 15 is 0 Å². The maximum absolute atomic E-state index is 12.4. The molecule has 0 saturated heterocycles. The largest absolute Gasteiger partial charge is 0.392 e. The van der Waals surface area contributed by atoms with Crippen LogP contribution in [0.2, 0.25) is 10.0 Å². The molecule has 0 unspecified atom stereocenters. The second-order valence-corrected chi connectivity index (χ2v) is 7.89. The summed E-state index contributed by atoms with van der Waals surface area (Å²) in [6.45, 7) is 3.09. The van der Waals surface area contributed by atoms with Gasteiger partial charge in [0.2, 0.25) is 0 Å². The van der Waals surface area contributed by atoms with Crippen molar-refractivity contribution in [2.45, 2.75) is 31.9 Å². The molecule has 2 amide bonds. The van der Waals surface area contributed by atoms with Crippen LogP contribution in [-0.2, 0) is 11.3 Å². The molecule has 7 nitrogen and oxygen atoms in total. The summed E-state index contributed by atoms with van der Waals surface area (Å²) in [6, 6.07) is 12.7. The van der Waals surface area contributed by atoms with Crippen molar-refractivity contribution in [2.75, 3.05) is 11.9 Å². The highest BCUT2D eigenvalue weighted by Crippen LogP contribution is 2.15. The summed E-state index contributed by atoms with van der Waals surface area (Å²) in [5, 5.41) is 19.9. The van der Waals surface area contributed by atoms with Gasteiger partial charge in [0, 0.05) is 22.2 Å².